The van der Waals surface area contributed by atoms with Crippen molar-refractivity contribution < 1.29 is 9.59 Å². The lowest BCUT2D eigenvalue weighted by Gasteiger charge is -2.57. The van der Waals surface area contributed by atoms with E-state index in [0.29, 0.717) is 28.6 Å². The van der Waals surface area contributed by atoms with Crippen LogP contribution < -0.4 is 10.9 Å². The van der Waals surface area contributed by atoms with Gasteiger partial charge < -0.3 is 4.90 Å². The number of aromatic nitrogens is 2. The molecule has 8 nitrogen and oxygen atoms in total. The molecule has 6 fully saturated rings. The second kappa shape index (κ2) is 12.0. The van der Waals surface area contributed by atoms with Crippen LogP contribution in [0.2, 0.25) is 0 Å². The van der Waals surface area contributed by atoms with Crippen molar-refractivity contribution >= 4 is 22.7 Å². The fraction of sp³-hybridized carbons (Fsp3) is 0.579. The zero-order valence-corrected chi connectivity index (χ0v) is 27.2. The Morgan fingerprint density at radius 2 is 1.54 bits per heavy atom. The van der Waals surface area contributed by atoms with Gasteiger partial charge in [0.15, 0.2) is 0 Å². The number of amides is 2. The summed E-state index contributed by atoms with van der Waals surface area (Å²) in [5.41, 5.74) is 4.99. The summed E-state index contributed by atoms with van der Waals surface area (Å²) in [5.74, 6) is 2.74. The highest BCUT2D eigenvalue weighted by Crippen LogP contribution is 2.60. The highest BCUT2D eigenvalue weighted by atomic mass is 16.2. The van der Waals surface area contributed by atoms with E-state index in [1.54, 1.807) is 12.5 Å². The van der Waals surface area contributed by atoms with E-state index >= 15 is 0 Å². The molecule has 2 saturated heterocycles. The number of piperidine rings is 1. The largest absolute Gasteiger partial charge is 0.301 e. The molecule has 46 heavy (non-hydrogen) atoms. The molecule has 242 valence electrons. The van der Waals surface area contributed by atoms with Gasteiger partial charge in [0.05, 0.1) is 10.9 Å². The Morgan fingerprint density at radius 1 is 0.870 bits per heavy atom. The third-order valence-electron chi connectivity index (χ3n) is 12.1. The Bertz CT molecular complexity index is 1670. The van der Waals surface area contributed by atoms with E-state index in [0.717, 1.165) is 75.4 Å². The third kappa shape index (κ3) is 5.62. The molecule has 6 aliphatic rings. The molecule has 4 bridgehead atoms. The second-order valence-corrected chi connectivity index (χ2v) is 15.2. The molecule has 1 unspecified atom stereocenters. The van der Waals surface area contributed by atoms with E-state index in [2.05, 4.69) is 39.4 Å². The minimum Gasteiger partial charge on any atom is -0.301 e. The molecule has 3 aromatic rings. The fourth-order valence-corrected chi connectivity index (χ4v) is 10.3. The highest BCUT2D eigenvalue weighted by Gasteiger charge is 2.51. The van der Waals surface area contributed by atoms with Crippen LogP contribution in [-0.4, -0.2) is 63.9 Å². The molecule has 2 aliphatic heterocycles. The average molecular weight is 622 g/mol. The van der Waals surface area contributed by atoms with E-state index in [4.69, 9.17) is 4.98 Å². The van der Waals surface area contributed by atoms with Gasteiger partial charge in [-0.1, -0.05) is 36.4 Å². The van der Waals surface area contributed by atoms with Crippen molar-refractivity contribution in [3.05, 3.63) is 75.3 Å². The van der Waals surface area contributed by atoms with Crippen LogP contribution in [0.25, 0.3) is 10.9 Å². The first-order valence-corrected chi connectivity index (χ1v) is 17.7. The highest BCUT2D eigenvalue weighted by molar-refractivity contribution is 5.99. The number of rotatable bonds is 8. The van der Waals surface area contributed by atoms with Crippen LogP contribution >= 0.6 is 0 Å². The summed E-state index contributed by atoms with van der Waals surface area (Å²) >= 11 is 0. The first-order valence-electron chi connectivity index (χ1n) is 17.7. The number of benzene rings is 2. The maximum atomic E-state index is 13.7. The zero-order valence-electron chi connectivity index (χ0n) is 27.2. The van der Waals surface area contributed by atoms with Crippen LogP contribution in [0.3, 0.4) is 0 Å². The molecule has 8 heteroatoms. The molecule has 0 spiro atoms. The van der Waals surface area contributed by atoms with Crippen LogP contribution in [0.15, 0.2) is 47.3 Å². The molecular weight excluding hydrogens is 574 g/mol. The lowest BCUT2D eigenvalue weighted by molar-refractivity contribution is -0.135. The molecule has 9 rings (SSSR count). The Morgan fingerprint density at radius 3 is 2.22 bits per heavy atom. The summed E-state index contributed by atoms with van der Waals surface area (Å²) in [7, 11) is 0. The quantitative estimate of drug-likeness (QED) is 0.360. The number of hydrogen-bond acceptors (Lipinski definition) is 6. The van der Waals surface area contributed by atoms with Crippen molar-refractivity contribution in [2.24, 2.45) is 17.8 Å². The van der Waals surface area contributed by atoms with Crippen LogP contribution in [0.5, 0.6) is 0 Å². The minimum absolute atomic E-state index is 0.188. The molecule has 2 amide bonds. The number of carbonyl (C=O) groups excluding carboxylic acids is 2. The number of nitrogens with one attached hydrogen (secondary N) is 1. The Hall–Kier alpha value is -3.36. The lowest BCUT2D eigenvalue weighted by Crippen LogP contribution is -2.48. The van der Waals surface area contributed by atoms with Crippen molar-refractivity contribution in [3.8, 4) is 0 Å². The van der Waals surface area contributed by atoms with E-state index in [1.165, 1.54) is 48.7 Å². The lowest BCUT2D eigenvalue weighted by atomic mass is 9.48. The second-order valence-electron chi connectivity index (χ2n) is 15.2. The summed E-state index contributed by atoms with van der Waals surface area (Å²) in [6.07, 6.45) is 11.1. The number of nitrogens with zero attached hydrogens (tertiary/aromatic N) is 4. The summed E-state index contributed by atoms with van der Waals surface area (Å²) in [5, 5.41) is 2.98. The maximum Gasteiger partial charge on any atom is 0.262 e. The first kappa shape index (κ1) is 30.0. The standard InChI is InChI=1S/C38H47N5O3/c1-25-39-32-6-2-4-30(35(32)37(46)43(25)33-11-12-34(44)40-36(33)45)5-3-13-41-14-16-42(17-15-41)24-26-7-9-31(10-8-26)38-21-27-18-28(22-38)20-29(19-27)23-38/h2,4,6-10,27-29,33H,3,5,11-24H2,1H3,(H,40,44,45). The molecule has 2 aromatic carbocycles. The molecule has 0 radical (unpaired) electrons. The van der Waals surface area contributed by atoms with Gasteiger partial charge >= 0.3 is 0 Å². The van der Waals surface area contributed by atoms with Crippen molar-refractivity contribution in [1.82, 2.24) is 24.7 Å². The van der Waals surface area contributed by atoms with Gasteiger partial charge in [-0.05, 0) is 117 Å². The summed E-state index contributed by atoms with van der Waals surface area (Å²) in [6.45, 7) is 8.04. The number of fused-ring (bicyclic) bond motifs is 1. The van der Waals surface area contributed by atoms with Gasteiger partial charge in [-0.2, -0.15) is 0 Å². The van der Waals surface area contributed by atoms with Gasteiger partial charge in [0.2, 0.25) is 11.8 Å². The Balaban J connectivity index is 0.857. The van der Waals surface area contributed by atoms with Gasteiger partial charge in [0.1, 0.15) is 11.9 Å². The SMILES string of the molecule is Cc1nc2cccc(CCCN3CCN(Cc4ccc(C56CC7CC(CC(C7)C5)C6)cc4)CC3)c2c(=O)n1C1CCC(=O)NC1=O. The number of aryl methyl sites for hydroxylation is 2. The third-order valence-corrected chi connectivity index (χ3v) is 12.1. The van der Waals surface area contributed by atoms with Gasteiger partial charge in [0.25, 0.3) is 5.56 Å². The predicted molar refractivity (Wildman–Crippen MR) is 178 cm³/mol. The number of carbonyl (C=O) groups is 2. The van der Waals surface area contributed by atoms with E-state index in [9.17, 15) is 14.4 Å². The molecule has 1 aromatic heterocycles. The molecule has 1 N–H and O–H groups in total. The number of imide groups is 1. The topological polar surface area (TPSA) is 87.5 Å². The number of piperazine rings is 1. The van der Waals surface area contributed by atoms with Gasteiger partial charge in [-0.15, -0.1) is 0 Å². The van der Waals surface area contributed by atoms with Crippen LogP contribution in [0.4, 0.5) is 0 Å². The zero-order chi connectivity index (χ0) is 31.4. The average Bonchev–Trinajstić information content (AvgIpc) is 3.02. The monoisotopic (exact) mass is 621 g/mol. The summed E-state index contributed by atoms with van der Waals surface area (Å²) in [6, 6.07) is 14.9. The molecule has 4 aliphatic carbocycles. The van der Waals surface area contributed by atoms with Crippen molar-refractivity contribution in [2.45, 2.75) is 89.1 Å². The molecule has 4 saturated carbocycles. The van der Waals surface area contributed by atoms with Gasteiger partial charge in [-0.25, -0.2) is 4.98 Å². The summed E-state index contributed by atoms with van der Waals surface area (Å²) < 4.78 is 1.49. The fourth-order valence-electron chi connectivity index (χ4n) is 10.3. The first-order chi connectivity index (χ1) is 22.3. The smallest absolute Gasteiger partial charge is 0.262 e. The van der Waals surface area contributed by atoms with Gasteiger partial charge in [-0.3, -0.25) is 29.2 Å². The predicted octanol–water partition coefficient (Wildman–Crippen LogP) is 4.90. The molecule has 3 heterocycles. The van der Waals surface area contributed by atoms with Crippen LogP contribution in [0.1, 0.15) is 86.3 Å². The van der Waals surface area contributed by atoms with Crippen molar-refractivity contribution in [3.63, 3.8) is 0 Å². The Labute approximate surface area is 271 Å². The summed E-state index contributed by atoms with van der Waals surface area (Å²) in [4.78, 5) is 47.9. The number of hydrogen-bond donors (Lipinski definition) is 1. The van der Waals surface area contributed by atoms with Crippen molar-refractivity contribution in [1.29, 1.82) is 0 Å². The van der Waals surface area contributed by atoms with Gasteiger partial charge in [0, 0.05) is 39.1 Å². The minimum atomic E-state index is -0.703. The maximum absolute atomic E-state index is 13.7. The molecule has 1 atom stereocenters. The normalized spacial score (nSPS) is 29.8. The van der Waals surface area contributed by atoms with E-state index < -0.39 is 11.9 Å². The van der Waals surface area contributed by atoms with E-state index in [-0.39, 0.29) is 17.9 Å². The van der Waals surface area contributed by atoms with Crippen LogP contribution in [-0.2, 0) is 28.0 Å². The molecular formula is C38H47N5O3. The Kier molecular flexibility index (Phi) is 7.84. The van der Waals surface area contributed by atoms with E-state index in [1.807, 2.05) is 18.2 Å². The van der Waals surface area contributed by atoms with Crippen molar-refractivity contribution in [2.75, 3.05) is 32.7 Å². The van der Waals surface area contributed by atoms with Crippen LogP contribution in [0, 0.1) is 24.7 Å².